The zero-order valence-corrected chi connectivity index (χ0v) is 11.8. The van der Waals surface area contributed by atoms with E-state index in [0.717, 1.165) is 21.9 Å². The first kappa shape index (κ1) is 11.9. The van der Waals surface area contributed by atoms with Crippen LogP contribution >= 0.6 is 39.0 Å². The Hall–Kier alpha value is -0.590. The monoisotopic (exact) mass is 315 g/mol. The lowest BCUT2D eigenvalue weighted by Gasteiger charge is -2.07. The van der Waals surface area contributed by atoms with Crippen LogP contribution in [0, 0.1) is 0 Å². The number of halogens is 1. The SMILES string of the molecule is CCNc1ncnc(Sc2cccs2)c1Br. The summed E-state index contributed by atoms with van der Waals surface area (Å²) in [5.41, 5.74) is 0. The first-order chi connectivity index (χ1) is 7.81. The molecule has 0 saturated heterocycles. The van der Waals surface area contributed by atoms with Gasteiger partial charge in [0.25, 0.3) is 0 Å². The average molecular weight is 316 g/mol. The van der Waals surface area contributed by atoms with Gasteiger partial charge in [0.15, 0.2) is 0 Å². The molecule has 0 fully saturated rings. The van der Waals surface area contributed by atoms with E-state index in [2.05, 4.69) is 42.7 Å². The molecule has 3 nitrogen and oxygen atoms in total. The molecule has 2 rings (SSSR count). The minimum absolute atomic E-state index is 0.844. The highest BCUT2D eigenvalue weighted by Gasteiger charge is 2.09. The normalized spacial score (nSPS) is 10.4. The number of nitrogens with one attached hydrogen (secondary N) is 1. The molecule has 0 aliphatic heterocycles. The molecule has 0 radical (unpaired) electrons. The second kappa shape index (κ2) is 5.65. The minimum Gasteiger partial charge on any atom is -0.369 e. The molecule has 0 aliphatic rings. The summed E-state index contributed by atoms with van der Waals surface area (Å²) >= 11 is 6.87. The fraction of sp³-hybridized carbons (Fsp3) is 0.200. The maximum atomic E-state index is 4.27. The lowest BCUT2D eigenvalue weighted by Crippen LogP contribution is -2.01. The third-order valence-electron chi connectivity index (χ3n) is 1.79. The van der Waals surface area contributed by atoms with E-state index < -0.39 is 0 Å². The van der Waals surface area contributed by atoms with Crippen molar-refractivity contribution < 1.29 is 0 Å². The Labute approximate surface area is 111 Å². The Morgan fingerprint density at radius 2 is 2.38 bits per heavy atom. The van der Waals surface area contributed by atoms with Crippen LogP contribution in [0.25, 0.3) is 0 Å². The van der Waals surface area contributed by atoms with Crippen molar-refractivity contribution >= 4 is 44.8 Å². The van der Waals surface area contributed by atoms with Gasteiger partial charge in [-0.25, -0.2) is 9.97 Å². The van der Waals surface area contributed by atoms with Crippen LogP contribution in [0.1, 0.15) is 6.92 Å². The van der Waals surface area contributed by atoms with E-state index in [4.69, 9.17) is 0 Å². The van der Waals surface area contributed by atoms with Crippen molar-refractivity contribution in [3.05, 3.63) is 28.3 Å². The Bertz CT molecular complexity index is 459. The molecule has 2 heterocycles. The van der Waals surface area contributed by atoms with Gasteiger partial charge in [0.1, 0.15) is 17.2 Å². The van der Waals surface area contributed by atoms with Gasteiger partial charge in [-0.2, -0.15) is 0 Å². The summed E-state index contributed by atoms with van der Waals surface area (Å²) in [5, 5.41) is 6.18. The maximum absolute atomic E-state index is 4.27. The average Bonchev–Trinajstić information content (AvgIpc) is 2.77. The van der Waals surface area contributed by atoms with Crippen LogP contribution in [0.4, 0.5) is 5.82 Å². The fourth-order valence-corrected chi connectivity index (χ4v) is 3.39. The van der Waals surface area contributed by atoms with Crippen molar-refractivity contribution in [3.8, 4) is 0 Å². The van der Waals surface area contributed by atoms with Gasteiger partial charge in [-0.3, -0.25) is 0 Å². The van der Waals surface area contributed by atoms with Crippen molar-refractivity contribution in [1.29, 1.82) is 0 Å². The first-order valence-corrected chi connectivity index (χ1v) is 7.26. The maximum Gasteiger partial charge on any atom is 0.144 e. The fourth-order valence-electron chi connectivity index (χ4n) is 1.13. The Morgan fingerprint density at radius 1 is 1.50 bits per heavy atom. The Balaban J connectivity index is 2.24. The molecular weight excluding hydrogens is 306 g/mol. The molecule has 1 N–H and O–H groups in total. The largest absolute Gasteiger partial charge is 0.369 e. The molecule has 0 spiro atoms. The number of hydrogen-bond acceptors (Lipinski definition) is 5. The number of aromatic nitrogens is 2. The van der Waals surface area contributed by atoms with E-state index in [9.17, 15) is 0 Å². The van der Waals surface area contributed by atoms with Crippen LogP contribution in [-0.2, 0) is 0 Å². The molecule has 6 heteroatoms. The summed E-state index contributed by atoms with van der Waals surface area (Å²) in [6.07, 6.45) is 1.58. The molecule has 0 atom stereocenters. The molecule has 0 aliphatic carbocycles. The van der Waals surface area contributed by atoms with Gasteiger partial charge in [-0.15, -0.1) is 11.3 Å². The van der Waals surface area contributed by atoms with Crippen molar-refractivity contribution in [2.75, 3.05) is 11.9 Å². The molecule has 0 unspecified atom stereocenters. The van der Waals surface area contributed by atoms with Gasteiger partial charge in [0.2, 0.25) is 0 Å². The summed E-state index contributed by atoms with van der Waals surface area (Å²) in [7, 11) is 0. The van der Waals surface area contributed by atoms with Crippen molar-refractivity contribution in [2.45, 2.75) is 16.2 Å². The predicted molar refractivity (Wildman–Crippen MR) is 72.3 cm³/mol. The Morgan fingerprint density at radius 3 is 3.06 bits per heavy atom. The number of rotatable bonds is 4. The molecule has 0 amide bonds. The highest BCUT2D eigenvalue weighted by atomic mass is 79.9. The topological polar surface area (TPSA) is 37.8 Å². The van der Waals surface area contributed by atoms with Gasteiger partial charge >= 0.3 is 0 Å². The quantitative estimate of drug-likeness (QED) is 0.869. The van der Waals surface area contributed by atoms with Gasteiger partial charge in [0, 0.05) is 6.54 Å². The molecule has 0 bridgehead atoms. The number of thiophene rings is 1. The van der Waals surface area contributed by atoms with Crippen molar-refractivity contribution in [1.82, 2.24) is 9.97 Å². The van der Waals surface area contributed by atoms with Crippen molar-refractivity contribution in [3.63, 3.8) is 0 Å². The van der Waals surface area contributed by atoms with Gasteiger partial charge in [-0.1, -0.05) is 17.8 Å². The van der Waals surface area contributed by atoms with Gasteiger partial charge in [-0.05, 0) is 34.3 Å². The van der Waals surface area contributed by atoms with Gasteiger partial charge in [0.05, 0.1) is 8.68 Å². The number of nitrogens with zero attached hydrogens (tertiary/aromatic N) is 2. The summed E-state index contributed by atoms with van der Waals surface area (Å²) in [6, 6.07) is 4.12. The predicted octanol–water partition coefficient (Wildman–Crippen LogP) is 3.88. The zero-order chi connectivity index (χ0) is 11.4. The molecule has 16 heavy (non-hydrogen) atoms. The molecule has 2 aromatic rings. The van der Waals surface area contributed by atoms with E-state index in [0.29, 0.717) is 0 Å². The Kier molecular flexibility index (Phi) is 4.20. The summed E-state index contributed by atoms with van der Waals surface area (Å²) in [5.74, 6) is 0.844. The summed E-state index contributed by atoms with van der Waals surface area (Å²) in [6.45, 7) is 2.89. The van der Waals surface area contributed by atoms with Crippen LogP contribution in [0.3, 0.4) is 0 Å². The molecule has 0 saturated carbocycles. The lowest BCUT2D eigenvalue weighted by atomic mass is 10.5. The zero-order valence-electron chi connectivity index (χ0n) is 8.61. The lowest BCUT2D eigenvalue weighted by molar-refractivity contribution is 1.01. The van der Waals surface area contributed by atoms with Crippen LogP contribution in [0.2, 0.25) is 0 Å². The second-order valence-electron chi connectivity index (χ2n) is 2.91. The van der Waals surface area contributed by atoms with Crippen LogP contribution < -0.4 is 5.32 Å². The van der Waals surface area contributed by atoms with Crippen LogP contribution in [0.5, 0.6) is 0 Å². The smallest absolute Gasteiger partial charge is 0.144 e. The first-order valence-electron chi connectivity index (χ1n) is 4.77. The van der Waals surface area contributed by atoms with E-state index >= 15 is 0 Å². The number of anilines is 1. The van der Waals surface area contributed by atoms with Crippen molar-refractivity contribution in [2.24, 2.45) is 0 Å². The van der Waals surface area contributed by atoms with Crippen LogP contribution in [-0.4, -0.2) is 16.5 Å². The summed E-state index contributed by atoms with van der Waals surface area (Å²) in [4.78, 5) is 8.45. The molecule has 84 valence electrons. The van der Waals surface area contributed by atoms with Crippen LogP contribution in [0.15, 0.2) is 37.5 Å². The van der Waals surface area contributed by atoms with Gasteiger partial charge < -0.3 is 5.32 Å². The molecular formula is C10H10BrN3S2. The molecule has 2 aromatic heterocycles. The highest BCUT2D eigenvalue weighted by Crippen LogP contribution is 2.36. The third-order valence-corrected chi connectivity index (χ3v) is 4.85. The van der Waals surface area contributed by atoms with E-state index in [-0.39, 0.29) is 0 Å². The minimum atomic E-state index is 0.844. The second-order valence-corrected chi connectivity index (χ2v) is 5.94. The van der Waals surface area contributed by atoms with E-state index in [1.165, 1.54) is 4.21 Å². The highest BCUT2D eigenvalue weighted by molar-refractivity contribution is 9.10. The van der Waals surface area contributed by atoms with E-state index in [1.54, 1.807) is 29.4 Å². The van der Waals surface area contributed by atoms with E-state index in [1.807, 2.05) is 13.0 Å². The molecule has 0 aromatic carbocycles. The summed E-state index contributed by atoms with van der Waals surface area (Å²) < 4.78 is 2.15. The third kappa shape index (κ3) is 2.75. The number of hydrogen-bond donors (Lipinski definition) is 1. The standard InChI is InChI=1S/C10H10BrN3S2/c1-2-12-9-8(11)10(14-6-13-9)16-7-4-3-5-15-7/h3-6H,2H2,1H3,(H,12,13,14).